The van der Waals surface area contributed by atoms with Crippen LogP contribution in [0.15, 0.2) is 37.2 Å². The van der Waals surface area contributed by atoms with E-state index < -0.39 is 11.7 Å². The van der Waals surface area contributed by atoms with Gasteiger partial charge in [0.1, 0.15) is 5.65 Å². The highest BCUT2D eigenvalue weighted by molar-refractivity contribution is 6.32. The number of fused-ring (bicyclic) bond motifs is 1. The van der Waals surface area contributed by atoms with Gasteiger partial charge in [-0.25, -0.2) is 4.98 Å². The van der Waals surface area contributed by atoms with Crippen LogP contribution in [0.25, 0.3) is 22.9 Å². The lowest BCUT2D eigenvalue weighted by molar-refractivity contribution is -0.137. The molecule has 0 bridgehead atoms. The minimum atomic E-state index is -4.51. The van der Waals surface area contributed by atoms with E-state index in [1.807, 2.05) is 13.8 Å². The van der Waals surface area contributed by atoms with Gasteiger partial charge in [0.05, 0.1) is 11.3 Å². The number of alkyl halides is 3. The van der Waals surface area contributed by atoms with Gasteiger partial charge in [-0.1, -0.05) is 38.1 Å². The minimum absolute atomic E-state index is 0.0249. The van der Waals surface area contributed by atoms with Crippen molar-refractivity contribution in [2.45, 2.75) is 32.9 Å². The number of hydrogen-bond donors (Lipinski definition) is 0. The maximum Gasteiger partial charge on any atom is 0.417 e. The Morgan fingerprint density at radius 3 is 2.54 bits per heavy atom. The van der Waals surface area contributed by atoms with Gasteiger partial charge in [0, 0.05) is 23.0 Å². The van der Waals surface area contributed by atoms with E-state index in [0.29, 0.717) is 16.1 Å². The molecule has 3 aromatic rings. The third-order valence-corrected chi connectivity index (χ3v) is 4.83. The fourth-order valence-electron chi connectivity index (χ4n) is 2.93. The summed E-state index contributed by atoms with van der Waals surface area (Å²) >= 11 is 6.26. The quantitative estimate of drug-likeness (QED) is 0.492. The van der Waals surface area contributed by atoms with Crippen molar-refractivity contribution in [3.05, 3.63) is 64.6 Å². The van der Waals surface area contributed by atoms with Gasteiger partial charge in [-0.15, -0.1) is 0 Å². The minimum Gasteiger partial charge on any atom is -0.306 e. The average Bonchev–Trinajstić information content (AvgIpc) is 3.00. The molecule has 0 N–H and O–H groups in total. The maximum atomic E-state index is 13.7. The molecule has 2 heterocycles. The molecule has 136 valence electrons. The maximum absolute atomic E-state index is 13.7. The van der Waals surface area contributed by atoms with Crippen molar-refractivity contribution >= 4 is 23.3 Å². The summed E-state index contributed by atoms with van der Waals surface area (Å²) in [5.74, 6) is 0.0995. The Morgan fingerprint density at radius 1 is 1.27 bits per heavy atom. The molecule has 3 rings (SSSR count). The van der Waals surface area contributed by atoms with Gasteiger partial charge in [0.15, 0.2) is 0 Å². The molecule has 1 aromatic carbocycles. The van der Waals surface area contributed by atoms with Gasteiger partial charge >= 0.3 is 6.18 Å². The van der Waals surface area contributed by atoms with Crippen LogP contribution in [0, 0.1) is 6.92 Å². The van der Waals surface area contributed by atoms with Crippen molar-refractivity contribution in [1.82, 2.24) is 9.38 Å². The third-order valence-electron chi connectivity index (χ3n) is 4.44. The van der Waals surface area contributed by atoms with Gasteiger partial charge in [0.25, 0.3) is 0 Å². The molecular weight excluding hydrogens is 361 g/mol. The summed E-state index contributed by atoms with van der Waals surface area (Å²) in [7, 11) is 0. The Bertz CT molecular complexity index is 1000. The molecule has 0 unspecified atom stereocenters. The standard InChI is InChI=1S/C20H18ClF3N2/c1-5-13-8-14(9-16(21)12(13)4)18-15(20(22,23)24)6-7-26-10-17(11(2)3)25-19(18)26/h5-11H,1H2,2-4H3. The molecule has 2 aromatic heterocycles. The van der Waals surface area contributed by atoms with Crippen molar-refractivity contribution in [2.24, 2.45) is 0 Å². The summed E-state index contributed by atoms with van der Waals surface area (Å²) in [5.41, 5.74) is 2.12. The van der Waals surface area contributed by atoms with Gasteiger partial charge < -0.3 is 4.40 Å². The third kappa shape index (κ3) is 3.12. The van der Waals surface area contributed by atoms with E-state index >= 15 is 0 Å². The zero-order valence-electron chi connectivity index (χ0n) is 14.7. The summed E-state index contributed by atoms with van der Waals surface area (Å²) in [6.45, 7) is 9.43. The van der Waals surface area contributed by atoms with Crippen LogP contribution in [0.1, 0.15) is 42.1 Å². The van der Waals surface area contributed by atoms with Crippen molar-refractivity contribution in [2.75, 3.05) is 0 Å². The van der Waals surface area contributed by atoms with Crippen molar-refractivity contribution in [3.63, 3.8) is 0 Å². The zero-order chi connectivity index (χ0) is 19.2. The van der Waals surface area contributed by atoms with E-state index in [1.54, 1.807) is 35.7 Å². The van der Waals surface area contributed by atoms with Crippen LogP contribution < -0.4 is 0 Å². The lowest BCUT2D eigenvalue weighted by Crippen LogP contribution is -2.09. The predicted octanol–water partition coefficient (Wildman–Crippen LogP) is 6.75. The van der Waals surface area contributed by atoms with Crippen LogP contribution in [0.4, 0.5) is 13.2 Å². The number of benzene rings is 1. The Hall–Kier alpha value is -2.27. The molecule has 0 saturated carbocycles. The SMILES string of the molecule is C=Cc1cc(-c2c(C(F)(F)F)ccn3cc(C(C)C)nc23)cc(Cl)c1C. The lowest BCUT2D eigenvalue weighted by Gasteiger charge is -2.16. The summed E-state index contributed by atoms with van der Waals surface area (Å²) in [6, 6.07) is 4.30. The average molecular weight is 379 g/mol. The normalized spacial score (nSPS) is 12.2. The first-order valence-corrected chi connectivity index (χ1v) is 8.53. The molecule has 0 aliphatic heterocycles. The van der Waals surface area contributed by atoms with Crippen molar-refractivity contribution < 1.29 is 13.2 Å². The molecule has 0 aliphatic rings. The van der Waals surface area contributed by atoms with Crippen LogP contribution in [-0.2, 0) is 6.18 Å². The Balaban J connectivity index is 2.42. The highest BCUT2D eigenvalue weighted by Gasteiger charge is 2.35. The molecule has 0 radical (unpaired) electrons. The van der Waals surface area contributed by atoms with Crippen LogP contribution >= 0.6 is 11.6 Å². The van der Waals surface area contributed by atoms with E-state index in [0.717, 1.165) is 17.3 Å². The second kappa shape index (κ2) is 6.47. The Kier molecular flexibility index (Phi) is 4.61. The molecule has 0 spiro atoms. The summed E-state index contributed by atoms with van der Waals surface area (Å²) in [5, 5.41) is 0.392. The van der Waals surface area contributed by atoms with Gasteiger partial charge in [0.2, 0.25) is 0 Å². The summed E-state index contributed by atoms with van der Waals surface area (Å²) in [6.07, 6.45) is 0.231. The van der Waals surface area contributed by atoms with E-state index in [9.17, 15) is 13.2 Å². The smallest absolute Gasteiger partial charge is 0.306 e. The molecule has 2 nitrogen and oxygen atoms in total. The molecule has 0 atom stereocenters. The van der Waals surface area contributed by atoms with Crippen LogP contribution in [-0.4, -0.2) is 9.38 Å². The zero-order valence-corrected chi connectivity index (χ0v) is 15.4. The molecule has 0 fully saturated rings. The monoisotopic (exact) mass is 378 g/mol. The van der Waals surface area contributed by atoms with Crippen LogP contribution in [0.5, 0.6) is 0 Å². The molecule has 0 amide bonds. The Morgan fingerprint density at radius 2 is 1.96 bits per heavy atom. The van der Waals surface area contributed by atoms with Gasteiger partial charge in [-0.2, -0.15) is 13.2 Å². The molecular formula is C20H18ClF3N2. The highest BCUT2D eigenvalue weighted by Crippen LogP contribution is 2.41. The molecule has 0 aliphatic carbocycles. The molecule has 6 heteroatoms. The second-order valence-electron chi connectivity index (χ2n) is 6.53. The summed E-state index contributed by atoms with van der Waals surface area (Å²) in [4.78, 5) is 4.46. The van der Waals surface area contributed by atoms with E-state index in [4.69, 9.17) is 11.6 Å². The number of nitrogens with zero attached hydrogens (tertiary/aromatic N) is 2. The first kappa shape index (κ1) is 18.5. The Labute approximate surface area is 154 Å². The number of aromatic nitrogens is 2. The lowest BCUT2D eigenvalue weighted by atomic mass is 9.96. The van der Waals surface area contributed by atoms with Crippen LogP contribution in [0.2, 0.25) is 5.02 Å². The first-order chi connectivity index (χ1) is 12.1. The number of halogens is 4. The second-order valence-corrected chi connectivity index (χ2v) is 6.94. The largest absolute Gasteiger partial charge is 0.417 e. The van der Waals surface area contributed by atoms with Crippen molar-refractivity contribution in [3.8, 4) is 11.1 Å². The first-order valence-electron chi connectivity index (χ1n) is 8.15. The fourth-order valence-corrected chi connectivity index (χ4v) is 3.15. The number of rotatable bonds is 3. The van der Waals surface area contributed by atoms with Gasteiger partial charge in [-0.05, 0) is 47.7 Å². The van der Waals surface area contributed by atoms with Gasteiger partial charge in [-0.3, -0.25) is 0 Å². The van der Waals surface area contributed by atoms with Crippen molar-refractivity contribution in [1.29, 1.82) is 0 Å². The molecule has 0 saturated heterocycles. The van der Waals surface area contributed by atoms with E-state index in [-0.39, 0.29) is 17.1 Å². The topological polar surface area (TPSA) is 17.3 Å². The predicted molar refractivity (Wildman–Crippen MR) is 99.6 cm³/mol. The molecule has 26 heavy (non-hydrogen) atoms. The number of hydrogen-bond acceptors (Lipinski definition) is 1. The number of pyridine rings is 1. The van der Waals surface area contributed by atoms with Crippen LogP contribution in [0.3, 0.4) is 0 Å². The summed E-state index contributed by atoms with van der Waals surface area (Å²) < 4.78 is 42.7. The van der Waals surface area contributed by atoms with E-state index in [1.165, 1.54) is 6.20 Å². The van der Waals surface area contributed by atoms with E-state index in [2.05, 4.69) is 11.6 Å². The number of imidazole rings is 1. The highest BCUT2D eigenvalue weighted by atomic mass is 35.5. The fraction of sp³-hybridized carbons (Fsp3) is 0.250.